The molecule has 2 aromatic rings. The topological polar surface area (TPSA) is 45.0 Å². The van der Waals surface area contributed by atoms with Crippen LogP contribution in [0.4, 0.5) is 0 Å². The van der Waals surface area contributed by atoms with Crippen LogP contribution in [0.5, 0.6) is 5.75 Å². The second-order valence-electron chi connectivity index (χ2n) is 6.89. The van der Waals surface area contributed by atoms with Gasteiger partial charge in [0.2, 0.25) is 0 Å². The van der Waals surface area contributed by atoms with Crippen molar-refractivity contribution in [2.75, 3.05) is 40.3 Å². The Morgan fingerprint density at radius 1 is 1.14 bits per heavy atom. The lowest BCUT2D eigenvalue weighted by molar-refractivity contribution is 0.223. The molecule has 29 heavy (non-hydrogen) atoms. The summed E-state index contributed by atoms with van der Waals surface area (Å²) in [6.07, 6.45) is 2.06. The third kappa shape index (κ3) is 8.26. The summed E-state index contributed by atoms with van der Waals surface area (Å²) in [5, 5.41) is 3.43. The third-order valence-electron chi connectivity index (χ3n) is 4.97. The van der Waals surface area contributed by atoms with E-state index in [1.165, 1.54) is 11.3 Å². The van der Waals surface area contributed by atoms with Crippen molar-refractivity contribution in [3.63, 3.8) is 0 Å². The number of nitrogens with one attached hydrogen (secondary N) is 1. The van der Waals surface area contributed by atoms with Crippen LogP contribution in [-0.4, -0.2) is 60.7 Å². The zero-order valence-electron chi connectivity index (χ0n) is 18.4. The third-order valence-corrected chi connectivity index (χ3v) is 4.97. The second-order valence-corrected chi connectivity index (χ2v) is 6.89. The fraction of sp³-hybridized carbons (Fsp3) is 0.500. The molecular formula is C22H36IN5O. The van der Waals surface area contributed by atoms with Crippen LogP contribution in [0, 0.1) is 0 Å². The molecule has 0 bridgehead atoms. The summed E-state index contributed by atoms with van der Waals surface area (Å²) in [7, 11) is 5.93. The van der Waals surface area contributed by atoms with Gasteiger partial charge in [-0.05, 0) is 42.9 Å². The largest absolute Gasteiger partial charge is 0.492 e. The number of aliphatic imine (C=N–C) groups is 1. The fourth-order valence-corrected chi connectivity index (χ4v) is 3.08. The Labute approximate surface area is 193 Å². The lowest BCUT2D eigenvalue weighted by atomic mass is 10.2. The quantitative estimate of drug-likeness (QED) is 0.300. The first-order valence-electron chi connectivity index (χ1n) is 10.0. The Kier molecular flexibility index (Phi) is 11.8. The maximum atomic E-state index is 5.85. The van der Waals surface area contributed by atoms with Crippen molar-refractivity contribution in [1.29, 1.82) is 0 Å². The molecule has 1 aromatic heterocycles. The molecular weight excluding hydrogens is 477 g/mol. The fourth-order valence-electron chi connectivity index (χ4n) is 3.08. The predicted molar refractivity (Wildman–Crippen MR) is 132 cm³/mol. The highest BCUT2D eigenvalue weighted by molar-refractivity contribution is 14.0. The van der Waals surface area contributed by atoms with Crippen molar-refractivity contribution in [3.05, 3.63) is 53.9 Å². The molecule has 0 saturated carbocycles. The van der Waals surface area contributed by atoms with Gasteiger partial charge in [-0.25, -0.2) is 0 Å². The normalized spacial score (nSPS) is 11.3. The minimum atomic E-state index is 0. The Morgan fingerprint density at radius 3 is 2.38 bits per heavy atom. The highest BCUT2D eigenvalue weighted by atomic mass is 127. The summed E-state index contributed by atoms with van der Waals surface area (Å²) >= 11 is 0. The second kappa shape index (κ2) is 13.5. The van der Waals surface area contributed by atoms with Gasteiger partial charge in [0.15, 0.2) is 5.96 Å². The molecule has 0 unspecified atom stereocenters. The minimum Gasteiger partial charge on any atom is -0.492 e. The van der Waals surface area contributed by atoms with Gasteiger partial charge in [0.05, 0.1) is 6.54 Å². The monoisotopic (exact) mass is 513 g/mol. The summed E-state index contributed by atoms with van der Waals surface area (Å²) < 4.78 is 7.98. The first kappa shape index (κ1) is 25.3. The molecule has 1 heterocycles. The maximum Gasteiger partial charge on any atom is 0.194 e. The van der Waals surface area contributed by atoms with Crippen molar-refractivity contribution in [3.8, 4) is 5.75 Å². The SMILES string of the molecule is CCN(CC)CCOc1ccc(CNC(=NC)N(C)Cc2cccn2C)cc1.I. The van der Waals surface area contributed by atoms with Gasteiger partial charge in [0, 0.05) is 46.1 Å². The molecule has 1 aromatic carbocycles. The average molecular weight is 513 g/mol. The zero-order valence-corrected chi connectivity index (χ0v) is 20.7. The van der Waals surface area contributed by atoms with Gasteiger partial charge < -0.3 is 24.4 Å². The Hall–Kier alpha value is -1.74. The van der Waals surface area contributed by atoms with E-state index in [1.807, 2.05) is 19.2 Å². The van der Waals surface area contributed by atoms with Gasteiger partial charge in [-0.3, -0.25) is 4.99 Å². The number of hydrogen-bond acceptors (Lipinski definition) is 3. The number of likely N-dealkylation sites (N-methyl/N-ethyl adjacent to an activating group) is 1. The number of hydrogen-bond donors (Lipinski definition) is 1. The standard InChI is InChI=1S/C22H35N5O.HI/c1-6-27(7-2)15-16-28-21-12-10-19(11-13-21)17-24-22(23-3)26(5)18-20-9-8-14-25(20)4;/h8-14H,6-7,15-18H2,1-5H3,(H,23,24);1H. The van der Waals surface area contributed by atoms with Crippen LogP contribution in [0.2, 0.25) is 0 Å². The Morgan fingerprint density at radius 2 is 1.83 bits per heavy atom. The van der Waals surface area contributed by atoms with Crippen LogP contribution >= 0.6 is 24.0 Å². The molecule has 162 valence electrons. The lowest BCUT2D eigenvalue weighted by Crippen LogP contribution is -2.38. The van der Waals surface area contributed by atoms with Gasteiger partial charge >= 0.3 is 0 Å². The highest BCUT2D eigenvalue weighted by Gasteiger charge is 2.08. The van der Waals surface area contributed by atoms with Gasteiger partial charge in [0.25, 0.3) is 0 Å². The average Bonchev–Trinajstić information content (AvgIpc) is 3.11. The molecule has 0 radical (unpaired) electrons. The molecule has 2 rings (SSSR count). The number of nitrogens with zero attached hydrogens (tertiary/aromatic N) is 4. The number of aryl methyl sites for hydroxylation is 1. The first-order chi connectivity index (χ1) is 13.6. The first-order valence-corrected chi connectivity index (χ1v) is 10.0. The minimum absolute atomic E-state index is 0. The number of guanidine groups is 1. The molecule has 0 spiro atoms. The predicted octanol–water partition coefficient (Wildman–Crippen LogP) is 3.57. The number of rotatable bonds is 10. The number of aromatic nitrogens is 1. The van der Waals surface area contributed by atoms with Gasteiger partial charge in [-0.2, -0.15) is 0 Å². The molecule has 7 heteroatoms. The molecule has 1 N–H and O–H groups in total. The van der Waals surface area contributed by atoms with Crippen LogP contribution in [0.25, 0.3) is 0 Å². The molecule has 0 aliphatic carbocycles. The van der Waals surface area contributed by atoms with Gasteiger partial charge in [-0.15, -0.1) is 24.0 Å². The summed E-state index contributed by atoms with van der Waals surface area (Å²) in [5.41, 5.74) is 2.45. The van der Waals surface area contributed by atoms with Crippen LogP contribution in [-0.2, 0) is 20.1 Å². The van der Waals surface area contributed by atoms with E-state index in [0.717, 1.165) is 51.0 Å². The van der Waals surface area contributed by atoms with Crippen LogP contribution in [0.1, 0.15) is 25.1 Å². The van der Waals surface area contributed by atoms with Crippen molar-refractivity contribution >= 4 is 29.9 Å². The van der Waals surface area contributed by atoms with Gasteiger partial charge in [0.1, 0.15) is 12.4 Å². The van der Waals surface area contributed by atoms with Gasteiger partial charge in [-0.1, -0.05) is 26.0 Å². The van der Waals surface area contributed by atoms with E-state index in [0.29, 0.717) is 0 Å². The van der Waals surface area contributed by atoms with Crippen LogP contribution in [0.3, 0.4) is 0 Å². The van der Waals surface area contributed by atoms with E-state index in [2.05, 4.69) is 83.1 Å². The van der Waals surface area contributed by atoms with E-state index >= 15 is 0 Å². The van der Waals surface area contributed by atoms with Crippen molar-refractivity contribution < 1.29 is 4.74 Å². The Bertz CT molecular complexity index is 725. The van der Waals surface area contributed by atoms with Crippen LogP contribution in [0.15, 0.2) is 47.6 Å². The van der Waals surface area contributed by atoms with E-state index in [-0.39, 0.29) is 24.0 Å². The van der Waals surface area contributed by atoms with Crippen molar-refractivity contribution in [1.82, 2.24) is 19.7 Å². The molecule has 0 fully saturated rings. The highest BCUT2D eigenvalue weighted by Crippen LogP contribution is 2.12. The lowest BCUT2D eigenvalue weighted by Gasteiger charge is -2.22. The number of halogens is 1. The number of benzene rings is 1. The van der Waals surface area contributed by atoms with E-state index < -0.39 is 0 Å². The molecule has 0 saturated heterocycles. The van der Waals surface area contributed by atoms with Crippen LogP contribution < -0.4 is 10.1 Å². The zero-order chi connectivity index (χ0) is 20.4. The smallest absolute Gasteiger partial charge is 0.194 e. The molecule has 6 nitrogen and oxygen atoms in total. The summed E-state index contributed by atoms with van der Waals surface area (Å²) in [6, 6.07) is 12.5. The van der Waals surface area contributed by atoms with E-state index in [9.17, 15) is 0 Å². The van der Waals surface area contributed by atoms with Crippen molar-refractivity contribution in [2.45, 2.75) is 26.9 Å². The van der Waals surface area contributed by atoms with Crippen molar-refractivity contribution in [2.24, 2.45) is 12.0 Å². The molecule has 0 amide bonds. The summed E-state index contributed by atoms with van der Waals surface area (Å²) in [6.45, 7) is 9.68. The number of ether oxygens (including phenoxy) is 1. The molecule has 0 aliphatic rings. The maximum absolute atomic E-state index is 5.85. The molecule has 0 aliphatic heterocycles. The summed E-state index contributed by atoms with van der Waals surface area (Å²) in [4.78, 5) is 8.88. The Balaban J connectivity index is 0.00000420. The van der Waals surface area contributed by atoms with E-state index in [1.54, 1.807) is 0 Å². The van der Waals surface area contributed by atoms with E-state index in [4.69, 9.17) is 4.74 Å². The summed E-state index contributed by atoms with van der Waals surface area (Å²) in [5.74, 6) is 1.79. The molecule has 0 atom stereocenters.